The van der Waals surface area contributed by atoms with Gasteiger partial charge in [-0.1, -0.05) is 48.5 Å². The number of benzene rings is 2. The van der Waals surface area contributed by atoms with Crippen molar-refractivity contribution in [2.24, 2.45) is 0 Å². The molecule has 28 heavy (non-hydrogen) atoms. The summed E-state index contributed by atoms with van der Waals surface area (Å²) in [6.45, 7) is 1.93. The number of hydrogen-bond acceptors (Lipinski definition) is 3. The van der Waals surface area contributed by atoms with E-state index in [-0.39, 0.29) is 11.9 Å². The molecule has 0 unspecified atom stereocenters. The van der Waals surface area contributed by atoms with E-state index in [1.807, 2.05) is 79.7 Å². The minimum atomic E-state index is -0.286. The summed E-state index contributed by atoms with van der Waals surface area (Å²) in [5.41, 5.74) is 2.79. The molecule has 0 bridgehead atoms. The van der Waals surface area contributed by atoms with Gasteiger partial charge in [0.25, 0.3) is 5.91 Å². The summed E-state index contributed by atoms with van der Waals surface area (Å²) in [7, 11) is 0. The third kappa shape index (κ3) is 3.58. The second-order valence-corrected chi connectivity index (χ2v) is 6.50. The Kier molecular flexibility index (Phi) is 5.02. The first-order valence-corrected chi connectivity index (χ1v) is 9.17. The standard InChI is InChI=1S/C24H20N2O2/c1-18(22-10-7-17-28-22)26(23-11-5-6-16-25-23)24(27)21-14-12-20(13-15-21)19-8-3-2-4-9-19/h2-18H,1H3/t18-/m0/s1. The molecule has 2 heterocycles. The predicted molar refractivity (Wildman–Crippen MR) is 110 cm³/mol. The van der Waals surface area contributed by atoms with Crippen LogP contribution in [0.25, 0.3) is 11.1 Å². The maximum atomic E-state index is 13.4. The van der Waals surface area contributed by atoms with Gasteiger partial charge in [-0.3, -0.25) is 9.69 Å². The summed E-state index contributed by atoms with van der Waals surface area (Å²) in [5, 5.41) is 0. The van der Waals surface area contributed by atoms with Crippen LogP contribution in [0.15, 0.2) is 102 Å². The van der Waals surface area contributed by atoms with E-state index in [0.717, 1.165) is 11.1 Å². The number of furan rings is 1. The summed E-state index contributed by atoms with van der Waals surface area (Å²) in [5.74, 6) is 1.17. The van der Waals surface area contributed by atoms with Gasteiger partial charge >= 0.3 is 0 Å². The fourth-order valence-corrected chi connectivity index (χ4v) is 3.21. The van der Waals surface area contributed by atoms with Gasteiger partial charge in [0.05, 0.1) is 12.3 Å². The molecule has 138 valence electrons. The number of carbonyl (C=O) groups excluding carboxylic acids is 1. The molecule has 0 fully saturated rings. The molecule has 4 heteroatoms. The van der Waals surface area contributed by atoms with E-state index in [1.54, 1.807) is 17.4 Å². The van der Waals surface area contributed by atoms with Gasteiger partial charge in [-0.05, 0) is 54.4 Å². The van der Waals surface area contributed by atoms with Gasteiger partial charge in [0.2, 0.25) is 0 Å². The monoisotopic (exact) mass is 368 g/mol. The van der Waals surface area contributed by atoms with Crippen LogP contribution < -0.4 is 4.90 Å². The molecule has 0 aliphatic rings. The predicted octanol–water partition coefficient (Wildman–Crippen LogP) is 5.75. The molecule has 0 saturated carbocycles. The third-order valence-electron chi connectivity index (χ3n) is 4.70. The van der Waals surface area contributed by atoms with Crippen molar-refractivity contribution in [3.05, 3.63) is 109 Å². The van der Waals surface area contributed by atoms with E-state index in [4.69, 9.17) is 4.42 Å². The molecule has 4 aromatic rings. The van der Waals surface area contributed by atoms with Gasteiger partial charge in [-0.2, -0.15) is 0 Å². The lowest BCUT2D eigenvalue weighted by Crippen LogP contribution is -2.34. The number of anilines is 1. The molecule has 4 nitrogen and oxygen atoms in total. The number of aromatic nitrogens is 1. The van der Waals surface area contributed by atoms with Crippen LogP contribution in [-0.2, 0) is 0 Å². The Morgan fingerprint density at radius 1 is 0.857 bits per heavy atom. The van der Waals surface area contributed by atoms with Crippen molar-refractivity contribution < 1.29 is 9.21 Å². The fourth-order valence-electron chi connectivity index (χ4n) is 3.21. The lowest BCUT2D eigenvalue weighted by molar-refractivity contribution is 0.0974. The second kappa shape index (κ2) is 7.92. The van der Waals surface area contributed by atoms with Crippen LogP contribution in [0.3, 0.4) is 0 Å². The highest BCUT2D eigenvalue weighted by Gasteiger charge is 2.27. The summed E-state index contributed by atoms with van der Waals surface area (Å²) in [6, 6.07) is 26.7. The van der Waals surface area contributed by atoms with Crippen molar-refractivity contribution in [1.82, 2.24) is 4.98 Å². The van der Waals surface area contributed by atoms with E-state index in [1.165, 1.54) is 0 Å². The zero-order valence-electron chi connectivity index (χ0n) is 15.5. The highest BCUT2D eigenvalue weighted by atomic mass is 16.3. The number of pyridine rings is 1. The van der Waals surface area contributed by atoms with Crippen LogP contribution in [-0.4, -0.2) is 10.9 Å². The SMILES string of the molecule is C[C@@H](c1ccco1)N(C(=O)c1ccc(-c2ccccc2)cc1)c1ccccn1. The third-order valence-corrected chi connectivity index (χ3v) is 4.70. The van der Waals surface area contributed by atoms with Gasteiger partial charge < -0.3 is 4.42 Å². The molecule has 4 rings (SSSR count). The first kappa shape index (κ1) is 17.7. The topological polar surface area (TPSA) is 46.3 Å². The number of carbonyl (C=O) groups is 1. The maximum absolute atomic E-state index is 13.4. The van der Waals surface area contributed by atoms with Crippen molar-refractivity contribution in [1.29, 1.82) is 0 Å². The molecule has 0 radical (unpaired) electrons. The summed E-state index contributed by atoms with van der Waals surface area (Å²) in [6.07, 6.45) is 3.30. The summed E-state index contributed by atoms with van der Waals surface area (Å²) in [4.78, 5) is 19.4. The van der Waals surface area contributed by atoms with Crippen molar-refractivity contribution in [2.45, 2.75) is 13.0 Å². The second-order valence-electron chi connectivity index (χ2n) is 6.50. The number of nitrogens with zero attached hydrogens (tertiary/aromatic N) is 2. The molecule has 1 atom stereocenters. The fraction of sp³-hybridized carbons (Fsp3) is 0.0833. The zero-order chi connectivity index (χ0) is 19.3. The summed E-state index contributed by atoms with van der Waals surface area (Å²) >= 11 is 0. The Labute approximate surface area is 164 Å². The van der Waals surface area contributed by atoms with Gasteiger partial charge in [0, 0.05) is 11.8 Å². The molecule has 0 saturated heterocycles. The lowest BCUT2D eigenvalue weighted by atomic mass is 10.0. The van der Waals surface area contributed by atoms with Crippen LogP contribution >= 0.6 is 0 Å². The molecule has 0 aliphatic heterocycles. The van der Waals surface area contributed by atoms with E-state index in [9.17, 15) is 4.79 Å². The van der Waals surface area contributed by atoms with Crippen LogP contribution in [0, 0.1) is 0 Å². The van der Waals surface area contributed by atoms with Gasteiger partial charge in [0.1, 0.15) is 11.6 Å². The zero-order valence-corrected chi connectivity index (χ0v) is 15.5. The molecule has 0 spiro atoms. The highest BCUT2D eigenvalue weighted by Crippen LogP contribution is 2.28. The Bertz CT molecular complexity index is 1030. The summed E-state index contributed by atoms with van der Waals surface area (Å²) < 4.78 is 5.54. The lowest BCUT2D eigenvalue weighted by Gasteiger charge is -2.27. The highest BCUT2D eigenvalue weighted by molar-refractivity contribution is 6.06. The van der Waals surface area contributed by atoms with E-state index < -0.39 is 0 Å². The first-order chi connectivity index (χ1) is 13.7. The van der Waals surface area contributed by atoms with Gasteiger partial charge in [0.15, 0.2) is 0 Å². The Hall–Kier alpha value is -3.66. The minimum absolute atomic E-state index is 0.123. The van der Waals surface area contributed by atoms with Gasteiger partial charge in [-0.15, -0.1) is 0 Å². The van der Waals surface area contributed by atoms with Crippen LogP contribution in [0.2, 0.25) is 0 Å². The number of amides is 1. The average molecular weight is 368 g/mol. The smallest absolute Gasteiger partial charge is 0.260 e. The maximum Gasteiger partial charge on any atom is 0.260 e. The number of hydrogen-bond donors (Lipinski definition) is 0. The molecule has 1 amide bonds. The van der Waals surface area contributed by atoms with E-state index >= 15 is 0 Å². The largest absolute Gasteiger partial charge is 0.467 e. The number of rotatable bonds is 5. The van der Waals surface area contributed by atoms with Crippen molar-refractivity contribution in [3.8, 4) is 11.1 Å². The molecule has 2 aromatic heterocycles. The quantitative estimate of drug-likeness (QED) is 0.451. The van der Waals surface area contributed by atoms with Crippen molar-refractivity contribution in [3.63, 3.8) is 0 Å². The van der Waals surface area contributed by atoms with E-state index in [2.05, 4.69) is 17.1 Å². The molecule has 0 aliphatic carbocycles. The first-order valence-electron chi connectivity index (χ1n) is 9.17. The Morgan fingerprint density at radius 3 is 2.21 bits per heavy atom. The Balaban J connectivity index is 1.67. The average Bonchev–Trinajstić information content (AvgIpc) is 3.30. The van der Waals surface area contributed by atoms with Crippen LogP contribution in [0.1, 0.15) is 29.1 Å². The molecule has 2 aromatic carbocycles. The van der Waals surface area contributed by atoms with Crippen molar-refractivity contribution >= 4 is 11.7 Å². The molecular weight excluding hydrogens is 348 g/mol. The minimum Gasteiger partial charge on any atom is -0.467 e. The molecular formula is C24H20N2O2. The van der Waals surface area contributed by atoms with Crippen LogP contribution in [0.4, 0.5) is 5.82 Å². The molecule has 0 N–H and O–H groups in total. The van der Waals surface area contributed by atoms with Gasteiger partial charge in [-0.25, -0.2) is 4.98 Å². The van der Waals surface area contributed by atoms with Crippen molar-refractivity contribution in [2.75, 3.05) is 4.90 Å². The Morgan fingerprint density at radius 2 is 1.57 bits per heavy atom. The normalized spacial score (nSPS) is 11.8. The van der Waals surface area contributed by atoms with E-state index in [0.29, 0.717) is 17.1 Å². The van der Waals surface area contributed by atoms with Crippen LogP contribution in [0.5, 0.6) is 0 Å².